The maximum Gasteiger partial charge on any atom is 0.310 e. The summed E-state index contributed by atoms with van der Waals surface area (Å²) < 4.78 is 4.66. The molecule has 1 unspecified atom stereocenters. The zero-order chi connectivity index (χ0) is 13.5. The Labute approximate surface area is 114 Å². The van der Waals surface area contributed by atoms with Gasteiger partial charge in [-0.05, 0) is 24.5 Å². The number of carbonyl (C=O) groups is 1. The number of methoxy groups -OCH3 is 1. The predicted octanol–water partition coefficient (Wildman–Crippen LogP) is 2.99. The zero-order valence-corrected chi connectivity index (χ0v) is 12.5. The van der Waals surface area contributed by atoms with Crippen molar-refractivity contribution in [1.29, 1.82) is 0 Å². The molecule has 3 nitrogen and oxygen atoms in total. The van der Waals surface area contributed by atoms with E-state index in [-0.39, 0.29) is 5.97 Å². The number of hydrogen-bond acceptors (Lipinski definition) is 4. The van der Waals surface area contributed by atoms with Crippen LogP contribution in [0.25, 0.3) is 0 Å². The van der Waals surface area contributed by atoms with Crippen molar-refractivity contribution in [3.63, 3.8) is 0 Å². The lowest BCUT2D eigenvalue weighted by Crippen LogP contribution is -2.32. The largest absolute Gasteiger partial charge is 0.469 e. The molecule has 1 aromatic heterocycles. The van der Waals surface area contributed by atoms with Crippen molar-refractivity contribution in [2.45, 2.75) is 46.2 Å². The Morgan fingerprint density at radius 1 is 1.39 bits per heavy atom. The molecule has 0 bridgehead atoms. The van der Waals surface area contributed by atoms with Crippen molar-refractivity contribution in [3.05, 3.63) is 21.9 Å². The Morgan fingerprint density at radius 3 is 2.61 bits per heavy atom. The second kappa shape index (κ2) is 7.54. The van der Waals surface area contributed by atoms with Crippen LogP contribution in [0, 0.1) is 5.92 Å². The summed E-state index contributed by atoms with van der Waals surface area (Å²) in [6.07, 6.45) is 1.51. The predicted molar refractivity (Wildman–Crippen MR) is 75.8 cm³/mol. The van der Waals surface area contributed by atoms with Gasteiger partial charge in [-0.1, -0.05) is 20.8 Å². The summed E-state index contributed by atoms with van der Waals surface area (Å²) in [6.45, 7) is 7.55. The van der Waals surface area contributed by atoms with Crippen molar-refractivity contribution in [2.75, 3.05) is 7.11 Å². The molecule has 0 saturated heterocycles. The molecular formula is C14H23NO2S. The van der Waals surface area contributed by atoms with E-state index in [0.717, 1.165) is 17.8 Å². The lowest BCUT2D eigenvalue weighted by Gasteiger charge is -2.20. The van der Waals surface area contributed by atoms with Crippen LogP contribution >= 0.6 is 11.3 Å². The molecule has 0 radical (unpaired) electrons. The molecule has 1 rings (SSSR count). The van der Waals surface area contributed by atoms with Gasteiger partial charge in [-0.3, -0.25) is 4.79 Å². The molecule has 0 amide bonds. The summed E-state index contributed by atoms with van der Waals surface area (Å²) in [7, 11) is 1.42. The van der Waals surface area contributed by atoms with E-state index in [0.29, 0.717) is 18.4 Å². The molecule has 0 aromatic carbocycles. The summed E-state index contributed by atoms with van der Waals surface area (Å²) in [5.74, 6) is 0.467. The highest BCUT2D eigenvalue weighted by molar-refractivity contribution is 7.12. The van der Waals surface area contributed by atoms with Gasteiger partial charge in [0.2, 0.25) is 0 Å². The topological polar surface area (TPSA) is 38.3 Å². The Bertz CT molecular complexity index is 374. The number of rotatable bonds is 7. The van der Waals surface area contributed by atoms with Gasteiger partial charge in [-0.25, -0.2) is 0 Å². The molecule has 0 aliphatic heterocycles. The Hall–Kier alpha value is -0.870. The fraction of sp³-hybridized carbons (Fsp3) is 0.643. The minimum absolute atomic E-state index is 0.176. The van der Waals surface area contributed by atoms with Gasteiger partial charge < -0.3 is 10.1 Å². The van der Waals surface area contributed by atoms with Crippen molar-refractivity contribution in [1.82, 2.24) is 5.32 Å². The Morgan fingerprint density at radius 2 is 2.06 bits per heavy atom. The lowest BCUT2D eigenvalue weighted by molar-refractivity contribution is -0.139. The van der Waals surface area contributed by atoms with E-state index in [1.54, 1.807) is 11.3 Å². The highest BCUT2D eigenvalue weighted by atomic mass is 32.1. The highest BCUT2D eigenvalue weighted by Gasteiger charge is 2.11. The summed E-state index contributed by atoms with van der Waals surface area (Å²) >= 11 is 1.68. The number of ether oxygens (including phenoxy) is 1. The zero-order valence-electron chi connectivity index (χ0n) is 11.7. The average molecular weight is 269 g/mol. The van der Waals surface area contributed by atoms with Crippen LogP contribution in [0.3, 0.4) is 0 Å². The first-order valence-electron chi connectivity index (χ1n) is 6.44. The molecule has 0 aliphatic rings. The monoisotopic (exact) mass is 269 g/mol. The number of esters is 1. The molecule has 0 saturated carbocycles. The van der Waals surface area contributed by atoms with E-state index in [1.807, 2.05) is 6.07 Å². The smallest absolute Gasteiger partial charge is 0.310 e. The highest BCUT2D eigenvalue weighted by Crippen LogP contribution is 2.18. The summed E-state index contributed by atoms with van der Waals surface area (Å²) in [5, 5.41) is 3.56. The van der Waals surface area contributed by atoms with Gasteiger partial charge in [0, 0.05) is 22.3 Å². The first kappa shape index (κ1) is 15.2. The molecule has 0 aliphatic carbocycles. The van der Waals surface area contributed by atoms with Gasteiger partial charge in [0.25, 0.3) is 0 Å². The second-order valence-corrected chi connectivity index (χ2v) is 6.01. The third-order valence-corrected chi connectivity index (χ3v) is 4.13. The minimum atomic E-state index is -0.176. The maximum atomic E-state index is 11.2. The molecule has 1 N–H and O–H groups in total. The maximum absolute atomic E-state index is 11.2. The van der Waals surface area contributed by atoms with Gasteiger partial charge in [-0.2, -0.15) is 0 Å². The van der Waals surface area contributed by atoms with Crippen molar-refractivity contribution in [2.24, 2.45) is 5.92 Å². The first-order chi connectivity index (χ1) is 8.56. The summed E-state index contributed by atoms with van der Waals surface area (Å²) in [4.78, 5) is 13.5. The van der Waals surface area contributed by atoms with Crippen molar-refractivity contribution < 1.29 is 9.53 Å². The quantitative estimate of drug-likeness (QED) is 0.773. The third kappa shape index (κ3) is 4.78. The Kier molecular flexibility index (Phi) is 6.36. The van der Waals surface area contributed by atoms with E-state index < -0.39 is 0 Å². The minimum Gasteiger partial charge on any atom is -0.469 e. The molecule has 102 valence electrons. The van der Waals surface area contributed by atoms with E-state index in [2.05, 4.69) is 36.9 Å². The van der Waals surface area contributed by atoms with Gasteiger partial charge in [0.05, 0.1) is 13.5 Å². The van der Waals surface area contributed by atoms with Crippen LogP contribution in [-0.2, 0) is 22.5 Å². The number of nitrogens with one attached hydrogen (secondary N) is 1. The molecule has 0 spiro atoms. The van der Waals surface area contributed by atoms with E-state index in [9.17, 15) is 4.79 Å². The summed E-state index contributed by atoms with van der Waals surface area (Å²) in [5.41, 5.74) is 0. The molecule has 4 heteroatoms. The van der Waals surface area contributed by atoms with E-state index >= 15 is 0 Å². The average Bonchev–Trinajstić information content (AvgIpc) is 2.77. The van der Waals surface area contributed by atoms with Crippen LogP contribution < -0.4 is 5.32 Å². The van der Waals surface area contributed by atoms with Crippen LogP contribution in [0.1, 0.15) is 36.9 Å². The van der Waals surface area contributed by atoms with Gasteiger partial charge in [0.15, 0.2) is 0 Å². The SMILES string of the molecule is CCC(NCc1ccc(CC(=O)OC)s1)C(C)C. The van der Waals surface area contributed by atoms with E-state index in [1.165, 1.54) is 12.0 Å². The Balaban J connectivity index is 2.46. The lowest BCUT2D eigenvalue weighted by atomic mass is 10.0. The van der Waals surface area contributed by atoms with Crippen LogP contribution in [0.15, 0.2) is 12.1 Å². The fourth-order valence-corrected chi connectivity index (χ4v) is 2.86. The molecule has 1 aromatic rings. The van der Waals surface area contributed by atoms with Gasteiger partial charge in [-0.15, -0.1) is 11.3 Å². The van der Waals surface area contributed by atoms with Gasteiger partial charge >= 0.3 is 5.97 Å². The van der Waals surface area contributed by atoms with Crippen molar-refractivity contribution in [3.8, 4) is 0 Å². The summed E-state index contributed by atoms with van der Waals surface area (Å²) in [6, 6.07) is 4.65. The third-order valence-electron chi connectivity index (χ3n) is 3.05. The molecule has 18 heavy (non-hydrogen) atoms. The number of thiophene rings is 1. The number of hydrogen-bond donors (Lipinski definition) is 1. The van der Waals surface area contributed by atoms with Crippen LogP contribution in [0.4, 0.5) is 0 Å². The fourth-order valence-electron chi connectivity index (χ4n) is 1.91. The second-order valence-electron chi connectivity index (χ2n) is 4.76. The molecule has 0 fully saturated rings. The molecular weight excluding hydrogens is 246 g/mol. The van der Waals surface area contributed by atoms with Crippen molar-refractivity contribution >= 4 is 17.3 Å². The van der Waals surface area contributed by atoms with Crippen LogP contribution in [0.5, 0.6) is 0 Å². The molecule has 1 atom stereocenters. The number of carbonyl (C=O) groups excluding carboxylic acids is 1. The van der Waals surface area contributed by atoms with Crippen LogP contribution in [0.2, 0.25) is 0 Å². The van der Waals surface area contributed by atoms with E-state index in [4.69, 9.17) is 0 Å². The first-order valence-corrected chi connectivity index (χ1v) is 7.26. The standard InChI is InChI=1S/C14H23NO2S/c1-5-13(10(2)3)15-9-12-7-6-11(18-12)8-14(16)17-4/h6-7,10,13,15H,5,8-9H2,1-4H3. The normalized spacial score (nSPS) is 12.7. The van der Waals surface area contributed by atoms with Gasteiger partial charge in [0.1, 0.15) is 0 Å². The molecule has 1 heterocycles. The van der Waals surface area contributed by atoms with Crippen LogP contribution in [-0.4, -0.2) is 19.1 Å².